The van der Waals surface area contributed by atoms with Crippen LogP contribution < -0.4 is 15.0 Å². The summed E-state index contributed by atoms with van der Waals surface area (Å²) in [6.07, 6.45) is 1.24. The molecule has 0 saturated carbocycles. The van der Waals surface area contributed by atoms with Gasteiger partial charge in [0.15, 0.2) is 0 Å². The lowest BCUT2D eigenvalue weighted by Gasteiger charge is -2.28. The topological polar surface area (TPSA) is 24.5 Å². The van der Waals surface area contributed by atoms with Gasteiger partial charge < -0.3 is 15.0 Å². The average Bonchev–Trinajstić information content (AvgIpc) is 3.08. The van der Waals surface area contributed by atoms with Crippen molar-refractivity contribution in [1.82, 2.24) is 5.32 Å². The molecule has 1 N–H and O–H groups in total. The van der Waals surface area contributed by atoms with Gasteiger partial charge in [-0.05, 0) is 67.4 Å². The van der Waals surface area contributed by atoms with E-state index in [0.717, 1.165) is 37.0 Å². The Bertz CT molecular complexity index is 624. The van der Waals surface area contributed by atoms with Crippen LogP contribution in [0.25, 0.3) is 0 Å². The lowest BCUT2D eigenvalue weighted by atomic mass is 10.1. The molecule has 0 amide bonds. The number of nitrogens with one attached hydrogen (secondary N) is 1. The SMILES string of the molecule is COc1cccc(CN(CC2CCNC2)c2ccc(Cl)cc2)c1. The maximum Gasteiger partial charge on any atom is 0.119 e. The molecule has 1 fully saturated rings. The van der Waals surface area contributed by atoms with Crippen molar-refractivity contribution in [3.63, 3.8) is 0 Å². The van der Waals surface area contributed by atoms with Crippen molar-refractivity contribution in [2.24, 2.45) is 5.92 Å². The Labute approximate surface area is 143 Å². The van der Waals surface area contributed by atoms with Crippen LogP contribution in [-0.4, -0.2) is 26.7 Å². The zero-order chi connectivity index (χ0) is 16.1. The first kappa shape index (κ1) is 16.2. The lowest BCUT2D eigenvalue weighted by Crippen LogP contribution is -2.30. The van der Waals surface area contributed by atoms with Crippen LogP contribution in [0.3, 0.4) is 0 Å². The van der Waals surface area contributed by atoms with Gasteiger partial charge in [-0.25, -0.2) is 0 Å². The first-order valence-electron chi connectivity index (χ1n) is 8.09. The summed E-state index contributed by atoms with van der Waals surface area (Å²) >= 11 is 6.04. The van der Waals surface area contributed by atoms with Gasteiger partial charge in [0.05, 0.1) is 7.11 Å². The molecule has 23 heavy (non-hydrogen) atoms. The molecule has 0 aliphatic carbocycles. The van der Waals surface area contributed by atoms with Gasteiger partial charge in [0, 0.05) is 23.8 Å². The maximum atomic E-state index is 6.04. The number of ether oxygens (including phenoxy) is 1. The van der Waals surface area contributed by atoms with E-state index in [1.165, 1.54) is 17.7 Å². The minimum Gasteiger partial charge on any atom is -0.497 e. The summed E-state index contributed by atoms with van der Waals surface area (Å²) in [6, 6.07) is 16.4. The molecule has 1 heterocycles. The van der Waals surface area contributed by atoms with Crippen LogP contribution in [0.15, 0.2) is 48.5 Å². The fourth-order valence-corrected chi connectivity index (χ4v) is 3.21. The van der Waals surface area contributed by atoms with Gasteiger partial charge in [0.1, 0.15) is 5.75 Å². The number of methoxy groups -OCH3 is 1. The van der Waals surface area contributed by atoms with Gasteiger partial charge in [0.25, 0.3) is 0 Å². The van der Waals surface area contributed by atoms with Crippen molar-refractivity contribution in [2.75, 3.05) is 31.6 Å². The standard InChI is InChI=1S/C19H23ClN2O/c1-23-19-4-2-3-15(11-19)13-22(14-16-9-10-21-12-16)18-7-5-17(20)6-8-18/h2-8,11,16,21H,9-10,12-14H2,1H3. The van der Waals surface area contributed by atoms with Crippen molar-refractivity contribution in [3.8, 4) is 5.75 Å². The van der Waals surface area contributed by atoms with E-state index >= 15 is 0 Å². The predicted octanol–water partition coefficient (Wildman–Crippen LogP) is 3.96. The predicted molar refractivity (Wildman–Crippen MR) is 96.5 cm³/mol. The third-order valence-corrected chi connectivity index (χ3v) is 4.59. The van der Waals surface area contributed by atoms with Crippen LogP contribution in [0.4, 0.5) is 5.69 Å². The number of nitrogens with zero attached hydrogens (tertiary/aromatic N) is 1. The zero-order valence-corrected chi connectivity index (χ0v) is 14.2. The van der Waals surface area contributed by atoms with Crippen molar-refractivity contribution in [1.29, 1.82) is 0 Å². The van der Waals surface area contributed by atoms with E-state index in [4.69, 9.17) is 16.3 Å². The summed E-state index contributed by atoms with van der Waals surface area (Å²) in [5.74, 6) is 1.59. The summed E-state index contributed by atoms with van der Waals surface area (Å²) in [7, 11) is 1.71. The van der Waals surface area contributed by atoms with Gasteiger partial charge in [0.2, 0.25) is 0 Å². The van der Waals surface area contributed by atoms with E-state index in [1.54, 1.807) is 7.11 Å². The third-order valence-electron chi connectivity index (χ3n) is 4.34. The molecule has 3 rings (SSSR count). The molecule has 1 atom stereocenters. The highest BCUT2D eigenvalue weighted by Gasteiger charge is 2.19. The largest absolute Gasteiger partial charge is 0.497 e. The van der Waals surface area contributed by atoms with Gasteiger partial charge in [-0.1, -0.05) is 23.7 Å². The van der Waals surface area contributed by atoms with Crippen molar-refractivity contribution in [3.05, 3.63) is 59.1 Å². The molecule has 3 nitrogen and oxygen atoms in total. The van der Waals surface area contributed by atoms with Crippen molar-refractivity contribution < 1.29 is 4.74 Å². The smallest absolute Gasteiger partial charge is 0.119 e. The molecule has 0 bridgehead atoms. The second-order valence-corrected chi connectivity index (χ2v) is 6.50. The second-order valence-electron chi connectivity index (χ2n) is 6.07. The maximum absolute atomic E-state index is 6.04. The first-order chi connectivity index (χ1) is 11.2. The van der Waals surface area contributed by atoms with Crippen LogP contribution in [0.2, 0.25) is 5.02 Å². The molecule has 1 unspecified atom stereocenters. The molecule has 122 valence electrons. The molecular formula is C19H23ClN2O. The molecule has 0 aromatic heterocycles. The van der Waals surface area contributed by atoms with E-state index in [0.29, 0.717) is 5.92 Å². The average molecular weight is 331 g/mol. The Hall–Kier alpha value is -1.71. The Morgan fingerprint density at radius 3 is 2.74 bits per heavy atom. The van der Waals surface area contributed by atoms with Crippen molar-refractivity contribution in [2.45, 2.75) is 13.0 Å². The fourth-order valence-electron chi connectivity index (χ4n) is 3.09. The Kier molecular flexibility index (Phi) is 5.42. The molecule has 2 aromatic carbocycles. The minimum absolute atomic E-state index is 0.691. The number of hydrogen-bond acceptors (Lipinski definition) is 3. The van der Waals surface area contributed by atoms with Gasteiger partial charge in [-0.2, -0.15) is 0 Å². The fraction of sp³-hybridized carbons (Fsp3) is 0.368. The highest BCUT2D eigenvalue weighted by atomic mass is 35.5. The van der Waals surface area contributed by atoms with Crippen LogP contribution in [0.5, 0.6) is 5.75 Å². The molecular weight excluding hydrogens is 308 g/mol. The number of hydrogen-bond donors (Lipinski definition) is 1. The lowest BCUT2D eigenvalue weighted by molar-refractivity contribution is 0.414. The Morgan fingerprint density at radius 1 is 1.22 bits per heavy atom. The van der Waals surface area contributed by atoms with Crippen molar-refractivity contribution >= 4 is 17.3 Å². The molecule has 4 heteroatoms. The van der Waals surface area contributed by atoms with Crippen LogP contribution in [-0.2, 0) is 6.54 Å². The molecule has 1 aliphatic heterocycles. The number of halogens is 1. The van der Waals surface area contributed by atoms with Gasteiger partial charge in [-0.3, -0.25) is 0 Å². The van der Waals surface area contributed by atoms with Crippen LogP contribution in [0.1, 0.15) is 12.0 Å². The summed E-state index contributed by atoms with van der Waals surface area (Å²) in [5, 5.41) is 4.23. The summed E-state index contributed by atoms with van der Waals surface area (Å²) in [4.78, 5) is 2.43. The second kappa shape index (κ2) is 7.71. The van der Waals surface area contributed by atoms with Crippen LogP contribution >= 0.6 is 11.6 Å². The molecule has 2 aromatic rings. The Balaban J connectivity index is 1.79. The Morgan fingerprint density at radius 2 is 2.04 bits per heavy atom. The number of rotatable bonds is 6. The van der Waals surface area contributed by atoms with E-state index in [1.807, 2.05) is 24.3 Å². The molecule has 0 radical (unpaired) electrons. The highest BCUT2D eigenvalue weighted by Crippen LogP contribution is 2.24. The molecule has 0 spiro atoms. The number of anilines is 1. The van der Waals surface area contributed by atoms with E-state index in [2.05, 4.69) is 34.5 Å². The monoisotopic (exact) mass is 330 g/mol. The normalized spacial score (nSPS) is 17.2. The van der Waals surface area contributed by atoms with E-state index in [-0.39, 0.29) is 0 Å². The molecule has 1 saturated heterocycles. The van der Waals surface area contributed by atoms with E-state index in [9.17, 15) is 0 Å². The molecule has 1 aliphatic rings. The summed E-state index contributed by atoms with van der Waals surface area (Å²) in [5.41, 5.74) is 2.47. The number of benzene rings is 2. The quantitative estimate of drug-likeness (QED) is 0.867. The summed E-state index contributed by atoms with van der Waals surface area (Å²) in [6.45, 7) is 4.14. The highest BCUT2D eigenvalue weighted by molar-refractivity contribution is 6.30. The first-order valence-corrected chi connectivity index (χ1v) is 8.46. The summed E-state index contributed by atoms with van der Waals surface area (Å²) < 4.78 is 5.35. The van der Waals surface area contributed by atoms with Gasteiger partial charge in [-0.15, -0.1) is 0 Å². The zero-order valence-electron chi connectivity index (χ0n) is 13.5. The minimum atomic E-state index is 0.691. The third kappa shape index (κ3) is 4.40. The van der Waals surface area contributed by atoms with Crippen LogP contribution in [0, 0.1) is 5.92 Å². The van der Waals surface area contributed by atoms with Gasteiger partial charge >= 0.3 is 0 Å². The van der Waals surface area contributed by atoms with E-state index < -0.39 is 0 Å².